The molecule has 160 valence electrons. The molecule has 9 heteroatoms. The lowest BCUT2D eigenvalue weighted by atomic mass is 10.1. The number of rotatable bonds is 7. The van der Waals surface area contributed by atoms with E-state index >= 15 is 0 Å². The Bertz CT molecular complexity index is 1250. The van der Waals surface area contributed by atoms with Gasteiger partial charge < -0.3 is 10.3 Å². The van der Waals surface area contributed by atoms with E-state index in [0.717, 1.165) is 27.6 Å². The van der Waals surface area contributed by atoms with Gasteiger partial charge in [-0.3, -0.25) is 9.48 Å². The Labute approximate surface area is 174 Å². The van der Waals surface area contributed by atoms with Gasteiger partial charge >= 0.3 is 0 Å². The Morgan fingerprint density at radius 3 is 2.74 bits per heavy atom. The molecule has 4 rings (SSSR count). The number of benzene rings is 2. The smallest absolute Gasteiger partial charge is 0.224 e. The Kier molecular flexibility index (Phi) is 5.75. The first-order valence-corrected chi connectivity index (χ1v) is 9.61. The molecule has 0 saturated carbocycles. The molecule has 0 bridgehead atoms. The van der Waals surface area contributed by atoms with Crippen molar-refractivity contribution in [3.05, 3.63) is 83.3 Å². The van der Waals surface area contributed by atoms with E-state index in [9.17, 15) is 22.4 Å². The summed E-state index contributed by atoms with van der Waals surface area (Å²) in [6.07, 6.45) is 6.24. The standard InChI is InChI=1S/C22H18F4N4O/c23-17-8-18(24)22(26)21(25)16(17)12-30-11-14(10-28-30)29-20(31)7-3-4-13-9-27-19-6-2-1-5-15(13)19/h1-2,5-6,8-11,27H,3-4,7,12H2,(H,29,31). The molecular formula is C22H18F4N4O. The first kappa shape index (κ1) is 20.6. The molecule has 4 aromatic rings. The zero-order valence-corrected chi connectivity index (χ0v) is 16.3. The molecule has 31 heavy (non-hydrogen) atoms. The zero-order chi connectivity index (χ0) is 22.0. The fraction of sp³-hybridized carbons (Fsp3) is 0.182. The number of aromatic nitrogens is 3. The molecule has 2 N–H and O–H groups in total. The highest BCUT2D eigenvalue weighted by molar-refractivity contribution is 5.90. The summed E-state index contributed by atoms with van der Waals surface area (Å²) in [5, 5.41) is 7.69. The molecule has 2 heterocycles. The van der Waals surface area contributed by atoms with Gasteiger partial charge in [-0.2, -0.15) is 5.10 Å². The van der Waals surface area contributed by atoms with Gasteiger partial charge in [-0.25, -0.2) is 17.6 Å². The summed E-state index contributed by atoms with van der Waals surface area (Å²) < 4.78 is 55.1. The molecule has 1 amide bonds. The van der Waals surface area contributed by atoms with Crippen LogP contribution in [0.4, 0.5) is 23.2 Å². The highest BCUT2D eigenvalue weighted by Crippen LogP contribution is 2.21. The van der Waals surface area contributed by atoms with Gasteiger partial charge in [0.15, 0.2) is 17.5 Å². The van der Waals surface area contributed by atoms with E-state index in [4.69, 9.17) is 0 Å². The summed E-state index contributed by atoms with van der Waals surface area (Å²) in [5.41, 5.74) is 1.86. The predicted molar refractivity (Wildman–Crippen MR) is 107 cm³/mol. The average Bonchev–Trinajstić information content (AvgIpc) is 3.36. The summed E-state index contributed by atoms with van der Waals surface area (Å²) in [6.45, 7) is -0.453. The summed E-state index contributed by atoms with van der Waals surface area (Å²) in [5.74, 6) is -6.39. The number of amides is 1. The first-order chi connectivity index (χ1) is 14.9. The molecule has 0 spiro atoms. The number of H-pyrrole nitrogens is 1. The van der Waals surface area contributed by atoms with Crippen molar-refractivity contribution in [3.8, 4) is 0 Å². The number of nitrogens with one attached hydrogen (secondary N) is 2. The third kappa shape index (κ3) is 4.45. The van der Waals surface area contributed by atoms with Crippen LogP contribution in [0.1, 0.15) is 24.0 Å². The molecule has 2 aromatic carbocycles. The van der Waals surface area contributed by atoms with Crippen LogP contribution in [-0.2, 0) is 17.8 Å². The number of para-hydroxylation sites is 1. The quantitative estimate of drug-likeness (QED) is 0.248. The zero-order valence-electron chi connectivity index (χ0n) is 16.3. The molecule has 0 atom stereocenters. The minimum atomic E-state index is -1.74. The van der Waals surface area contributed by atoms with Crippen LogP contribution < -0.4 is 5.32 Å². The molecule has 0 aliphatic heterocycles. The molecule has 0 unspecified atom stereocenters. The molecule has 0 aliphatic carbocycles. The molecule has 0 fully saturated rings. The van der Waals surface area contributed by atoms with Crippen LogP contribution in [0.2, 0.25) is 0 Å². The van der Waals surface area contributed by atoms with Crippen LogP contribution in [0, 0.1) is 23.3 Å². The van der Waals surface area contributed by atoms with Crippen molar-refractivity contribution in [1.29, 1.82) is 0 Å². The minimum Gasteiger partial charge on any atom is -0.361 e. The van der Waals surface area contributed by atoms with Gasteiger partial charge in [-0.05, 0) is 24.5 Å². The molecule has 0 saturated heterocycles. The van der Waals surface area contributed by atoms with E-state index in [0.29, 0.717) is 12.1 Å². The second kappa shape index (κ2) is 8.63. The number of nitrogens with zero attached hydrogens (tertiary/aromatic N) is 2. The van der Waals surface area contributed by atoms with Crippen molar-refractivity contribution in [1.82, 2.24) is 14.8 Å². The molecular weight excluding hydrogens is 412 g/mol. The van der Waals surface area contributed by atoms with Crippen LogP contribution in [0.25, 0.3) is 10.9 Å². The number of anilines is 1. The fourth-order valence-corrected chi connectivity index (χ4v) is 3.43. The second-order valence-electron chi connectivity index (χ2n) is 7.13. The van der Waals surface area contributed by atoms with Gasteiger partial charge in [0.2, 0.25) is 5.91 Å². The van der Waals surface area contributed by atoms with E-state index in [1.807, 2.05) is 30.5 Å². The number of hydrogen-bond acceptors (Lipinski definition) is 2. The largest absolute Gasteiger partial charge is 0.361 e. The van der Waals surface area contributed by atoms with Crippen molar-refractivity contribution < 1.29 is 22.4 Å². The lowest BCUT2D eigenvalue weighted by Crippen LogP contribution is -2.11. The van der Waals surface area contributed by atoms with Crippen LogP contribution in [0.3, 0.4) is 0 Å². The summed E-state index contributed by atoms with van der Waals surface area (Å²) in [7, 11) is 0. The van der Waals surface area contributed by atoms with Gasteiger partial charge in [0.25, 0.3) is 0 Å². The highest BCUT2D eigenvalue weighted by atomic mass is 19.2. The highest BCUT2D eigenvalue weighted by Gasteiger charge is 2.19. The van der Waals surface area contributed by atoms with Crippen LogP contribution in [-0.4, -0.2) is 20.7 Å². The van der Waals surface area contributed by atoms with Gasteiger partial charge in [-0.1, -0.05) is 18.2 Å². The maximum Gasteiger partial charge on any atom is 0.224 e. The van der Waals surface area contributed by atoms with E-state index in [1.165, 1.54) is 12.4 Å². The number of carbonyl (C=O) groups is 1. The lowest BCUT2D eigenvalue weighted by Gasteiger charge is -2.07. The van der Waals surface area contributed by atoms with E-state index in [1.54, 1.807) is 0 Å². The monoisotopic (exact) mass is 430 g/mol. The first-order valence-electron chi connectivity index (χ1n) is 9.61. The normalized spacial score (nSPS) is 11.2. The number of aryl methyl sites for hydroxylation is 1. The molecule has 0 radical (unpaired) electrons. The van der Waals surface area contributed by atoms with E-state index < -0.39 is 35.4 Å². The van der Waals surface area contributed by atoms with Crippen molar-refractivity contribution >= 4 is 22.5 Å². The number of hydrogen-bond donors (Lipinski definition) is 2. The maximum atomic E-state index is 13.8. The van der Waals surface area contributed by atoms with Crippen LogP contribution in [0.5, 0.6) is 0 Å². The van der Waals surface area contributed by atoms with Gasteiger partial charge in [0, 0.05) is 41.3 Å². The maximum absolute atomic E-state index is 13.8. The molecule has 0 aliphatic rings. The number of halogens is 4. The lowest BCUT2D eigenvalue weighted by molar-refractivity contribution is -0.116. The van der Waals surface area contributed by atoms with E-state index in [-0.39, 0.29) is 18.4 Å². The third-order valence-corrected chi connectivity index (χ3v) is 4.97. The number of fused-ring (bicyclic) bond motifs is 1. The topological polar surface area (TPSA) is 62.7 Å². The minimum absolute atomic E-state index is 0.232. The SMILES string of the molecule is O=C(CCCc1c[nH]c2ccccc12)Nc1cnn(Cc2c(F)cc(F)c(F)c2F)c1. The Balaban J connectivity index is 1.33. The van der Waals surface area contributed by atoms with Gasteiger partial charge in [0.1, 0.15) is 5.82 Å². The fourth-order valence-electron chi connectivity index (χ4n) is 3.43. The average molecular weight is 430 g/mol. The number of carbonyl (C=O) groups excluding carboxylic acids is 1. The van der Waals surface area contributed by atoms with Crippen molar-refractivity contribution in [2.45, 2.75) is 25.8 Å². The number of aromatic amines is 1. The predicted octanol–water partition coefficient (Wildman–Crippen LogP) is 4.93. The Hall–Kier alpha value is -3.62. The Morgan fingerprint density at radius 1 is 1.10 bits per heavy atom. The summed E-state index contributed by atoms with van der Waals surface area (Å²) in [4.78, 5) is 15.4. The Morgan fingerprint density at radius 2 is 1.90 bits per heavy atom. The molecule has 2 aromatic heterocycles. The van der Waals surface area contributed by atoms with Gasteiger partial charge in [-0.15, -0.1) is 0 Å². The summed E-state index contributed by atoms with van der Waals surface area (Å²) in [6, 6.07) is 8.21. The second-order valence-corrected chi connectivity index (χ2v) is 7.13. The van der Waals surface area contributed by atoms with Crippen molar-refractivity contribution in [2.24, 2.45) is 0 Å². The summed E-state index contributed by atoms with van der Waals surface area (Å²) >= 11 is 0. The third-order valence-electron chi connectivity index (χ3n) is 4.97. The van der Waals surface area contributed by atoms with Crippen molar-refractivity contribution in [2.75, 3.05) is 5.32 Å². The van der Waals surface area contributed by atoms with E-state index in [2.05, 4.69) is 15.4 Å². The van der Waals surface area contributed by atoms with Crippen LogP contribution >= 0.6 is 0 Å². The van der Waals surface area contributed by atoms with Crippen molar-refractivity contribution in [3.63, 3.8) is 0 Å². The van der Waals surface area contributed by atoms with Gasteiger partial charge in [0.05, 0.1) is 18.4 Å². The van der Waals surface area contributed by atoms with Crippen LogP contribution in [0.15, 0.2) is 48.9 Å². The molecule has 5 nitrogen and oxygen atoms in total.